The van der Waals surface area contributed by atoms with Gasteiger partial charge >= 0.3 is 0 Å². The molecule has 0 bridgehead atoms. The second-order valence-corrected chi connectivity index (χ2v) is 6.27. The fourth-order valence-electron chi connectivity index (χ4n) is 2.63. The maximum absolute atomic E-state index is 12.7. The number of benzene rings is 1. The summed E-state index contributed by atoms with van der Waals surface area (Å²) < 4.78 is 0. The third kappa shape index (κ3) is 4.05. The highest BCUT2D eigenvalue weighted by molar-refractivity contribution is 6.02. The van der Waals surface area contributed by atoms with Crippen molar-refractivity contribution >= 4 is 17.5 Å². The molecule has 1 heterocycles. The number of anilines is 1. The minimum absolute atomic E-state index is 0.127. The van der Waals surface area contributed by atoms with Gasteiger partial charge in [-0.15, -0.1) is 0 Å². The molecular formula is C19H20N4O3. The lowest BCUT2D eigenvalue weighted by Crippen LogP contribution is -2.31. The van der Waals surface area contributed by atoms with E-state index < -0.39 is 5.91 Å². The van der Waals surface area contributed by atoms with Gasteiger partial charge in [-0.05, 0) is 56.0 Å². The number of hydrogen-bond acceptors (Lipinski definition) is 5. The number of carbonyl (C=O) groups is 2. The summed E-state index contributed by atoms with van der Waals surface area (Å²) >= 11 is 0. The molecule has 7 nitrogen and oxygen atoms in total. The van der Waals surface area contributed by atoms with Gasteiger partial charge in [0.05, 0.1) is 11.7 Å². The van der Waals surface area contributed by atoms with Gasteiger partial charge < -0.3 is 15.7 Å². The molecule has 1 aliphatic carbocycles. The molecule has 1 fully saturated rings. The standard InChI is InChI=1S/C19H20N4O3/c1-3-16(25)22-14-10-13(6-7-15(14)24)19(26)23-17(12-4-5-12)18-20-9-8-11(2)21-18/h3,6-10,12,17,24H,1,4-5H2,2H3,(H,22,25)(H,23,26). The Morgan fingerprint density at radius 1 is 1.35 bits per heavy atom. The summed E-state index contributed by atoms with van der Waals surface area (Å²) in [6.45, 7) is 5.24. The maximum atomic E-state index is 12.7. The molecule has 3 N–H and O–H groups in total. The molecule has 0 radical (unpaired) electrons. The molecule has 1 atom stereocenters. The molecule has 1 saturated carbocycles. The Morgan fingerprint density at radius 2 is 2.12 bits per heavy atom. The maximum Gasteiger partial charge on any atom is 0.251 e. The fourth-order valence-corrected chi connectivity index (χ4v) is 2.63. The van der Waals surface area contributed by atoms with Crippen LogP contribution in [-0.4, -0.2) is 26.9 Å². The molecule has 1 aliphatic rings. The molecule has 1 aromatic heterocycles. The van der Waals surface area contributed by atoms with Gasteiger partial charge in [0, 0.05) is 17.5 Å². The minimum Gasteiger partial charge on any atom is -0.506 e. The Hall–Kier alpha value is -3.22. The van der Waals surface area contributed by atoms with Crippen LogP contribution in [0.2, 0.25) is 0 Å². The van der Waals surface area contributed by atoms with Crippen molar-refractivity contribution in [1.82, 2.24) is 15.3 Å². The first-order valence-corrected chi connectivity index (χ1v) is 8.35. The van der Waals surface area contributed by atoms with Gasteiger partial charge in [-0.3, -0.25) is 9.59 Å². The van der Waals surface area contributed by atoms with Gasteiger partial charge in [-0.1, -0.05) is 6.58 Å². The SMILES string of the molecule is C=CC(=O)Nc1cc(C(=O)NC(c2nccc(C)n2)C2CC2)ccc1O. The highest BCUT2D eigenvalue weighted by atomic mass is 16.3. The molecular weight excluding hydrogens is 332 g/mol. The molecule has 1 aromatic carbocycles. The van der Waals surface area contributed by atoms with Crippen LogP contribution in [0.25, 0.3) is 0 Å². The van der Waals surface area contributed by atoms with Crippen LogP contribution in [0.5, 0.6) is 5.75 Å². The summed E-state index contributed by atoms with van der Waals surface area (Å²) in [5.41, 5.74) is 1.31. The van der Waals surface area contributed by atoms with Crippen LogP contribution < -0.4 is 10.6 Å². The second kappa shape index (κ2) is 7.35. The van der Waals surface area contributed by atoms with Gasteiger partial charge in [0.1, 0.15) is 5.75 Å². The number of aromatic nitrogens is 2. The highest BCUT2D eigenvalue weighted by Gasteiger charge is 2.35. The van der Waals surface area contributed by atoms with E-state index in [2.05, 4.69) is 27.2 Å². The predicted molar refractivity (Wildman–Crippen MR) is 96.6 cm³/mol. The van der Waals surface area contributed by atoms with E-state index in [0.717, 1.165) is 24.6 Å². The van der Waals surface area contributed by atoms with E-state index >= 15 is 0 Å². The van der Waals surface area contributed by atoms with Crippen LogP contribution in [0, 0.1) is 12.8 Å². The first-order chi connectivity index (χ1) is 12.5. The third-order valence-electron chi connectivity index (χ3n) is 4.17. The summed E-state index contributed by atoms with van der Waals surface area (Å²) in [4.78, 5) is 32.9. The van der Waals surface area contributed by atoms with Crippen molar-refractivity contribution in [2.24, 2.45) is 5.92 Å². The molecule has 1 unspecified atom stereocenters. The summed E-state index contributed by atoms with van der Waals surface area (Å²) in [5, 5.41) is 15.3. The number of rotatable bonds is 6. The van der Waals surface area contributed by atoms with E-state index in [1.807, 2.05) is 13.0 Å². The van der Waals surface area contributed by atoms with E-state index in [1.165, 1.54) is 18.2 Å². The van der Waals surface area contributed by atoms with Gasteiger partial charge in [0.25, 0.3) is 5.91 Å². The molecule has 2 aromatic rings. The van der Waals surface area contributed by atoms with Gasteiger partial charge in [-0.25, -0.2) is 9.97 Å². The number of carbonyl (C=O) groups excluding carboxylic acids is 2. The summed E-state index contributed by atoms with van der Waals surface area (Å²) in [6.07, 6.45) is 4.80. The predicted octanol–water partition coefficient (Wildman–Crippen LogP) is 2.50. The second-order valence-electron chi connectivity index (χ2n) is 6.27. The zero-order chi connectivity index (χ0) is 18.7. The normalized spacial score (nSPS) is 14.3. The number of phenols is 1. The number of amides is 2. The molecule has 0 aliphatic heterocycles. The number of nitrogens with zero attached hydrogens (tertiary/aromatic N) is 2. The summed E-state index contributed by atoms with van der Waals surface area (Å²) in [5.74, 6) is -0.00175. The Balaban J connectivity index is 1.81. The highest BCUT2D eigenvalue weighted by Crippen LogP contribution is 2.40. The Morgan fingerprint density at radius 3 is 2.77 bits per heavy atom. The van der Waals surface area contributed by atoms with Gasteiger partial charge in [-0.2, -0.15) is 0 Å². The minimum atomic E-state index is -0.470. The van der Waals surface area contributed by atoms with E-state index in [-0.39, 0.29) is 23.4 Å². The Kier molecular flexibility index (Phi) is 4.97. The molecule has 26 heavy (non-hydrogen) atoms. The third-order valence-corrected chi connectivity index (χ3v) is 4.17. The molecule has 7 heteroatoms. The lowest BCUT2D eigenvalue weighted by molar-refractivity contribution is -0.111. The first kappa shape index (κ1) is 17.6. The van der Waals surface area contributed by atoms with Crippen molar-refractivity contribution in [2.75, 3.05) is 5.32 Å². The van der Waals surface area contributed by atoms with Crippen LogP contribution in [-0.2, 0) is 4.79 Å². The monoisotopic (exact) mass is 352 g/mol. The Bertz CT molecular complexity index is 862. The average molecular weight is 352 g/mol. The molecule has 0 spiro atoms. The van der Waals surface area contributed by atoms with Crippen LogP contribution in [0.3, 0.4) is 0 Å². The first-order valence-electron chi connectivity index (χ1n) is 8.35. The van der Waals surface area contributed by atoms with Crippen LogP contribution in [0.4, 0.5) is 5.69 Å². The fraction of sp³-hybridized carbons (Fsp3) is 0.263. The van der Waals surface area contributed by atoms with E-state index in [9.17, 15) is 14.7 Å². The van der Waals surface area contributed by atoms with Crippen molar-refractivity contribution < 1.29 is 14.7 Å². The topological polar surface area (TPSA) is 104 Å². The lowest BCUT2D eigenvalue weighted by Gasteiger charge is -2.17. The Labute approximate surface area is 151 Å². The van der Waals surface area contributed by atoms with Crippen molar-refractivity contribution in [1.29, 1.82) is 0 Å². The van der Waals surface area contributed by atoms with Crippen LogP contribution in [0.1, 0.15) is 40.8 Å². The zero-order valence-corrected chi connectivity index (χ0v) is 14.4. The molecule has 3 rings (SSSR count). The smallest absolute Gasteiger partial charge is 0.251 e. The number of nitrogens with one attached hydrogen (secondary N) is 2. The van der Waals surface area contributed by atoms with E-state index in [4.69, 9.17) is 0 Å². The van der Waals surface area contributed by atoms with Crippen molar-refractivity contribution in [3.8, 4) is 5.75 Å². The molecule has 0 saturated heterocycles. The van der Waals surface area contributed by atoms with Crippen LogP contribution >= 0.6 is 0 Å². The van der Waals surface area contributed by atoms with E-state index in [0.29, 0.717) is 17.3 Å². The van der Waals surface area contributed by atoms with Crippen molar-refractivity contribution in [2.45, 2.75) is 25.8 Å². The van der Waals surface area contributed by atoms with Gasteiger partial charge in [0.2, 0.25) is 5.91 Å². The quantitative estimate of drug-likeness (QED) is 0.547. The number of phenolic OH excluding ortho intramolecular Hbond substituents is 1. The largest absolute Gasteiger partial charge is 0.506 e. The van der Waals surface area contributed by atoms with Crippen molar-refractivity contribution in [3.63, 3.8) is 0 Å². The number of hydrogen-bond donors (Lipinski definition) is 3. The van der Waals surface area contributed by atoms with Gasteiger partial charge in [0.15, 0.2) is 5.82 Å². The lowest BCUT2D eigenvalue weighted by atomic mass is 10.1. The summed E-state index contributed by atoms with van der Waals surface area (Å²) in [7, 11) is 0. The van der Waals surface area contributed by atoms with Crippen molar-refractivity contribution in [3.05, 3.63) is 60.2 Å². The average Bonchev–Trinajstić information content (AvgIpc) is 3.46. The molecule has 134 valence electrons. The zero-order valence-electron chi connectivity index (χ0n) is 14.4. The van der Waals surface area contributed by atoms with E-state index in [1.54, 1.807) is 6.20 Å². The number of aromatic hydroxyl groups is 1. The summed E-state index contributed by atoms with van der Waals surface area (Å²) in [6, 6.07) is 5.83. The van der Waals surface area contributed by atoms with Crippen LogP contribution in [0.15, 0.2) is 43.1 Å². The number of aryl methyl sites for hydroxylation is 1. The molecule has 2 amide bonds.